The van der Waals surface area contributed by atoms with Gasteiger partial charge in [0.2, 0.25) is 5.92 Å². The predicted molar refractivity (Wildman–Crippen MR) is 100.0 cm³/mol. The second-order valence-electron chi connectivity index (χ2n) is 6.55. The van der Waals surface area contributed by atoms with Crippen molar-refractivity contribution in [3.8, 4) is 11.3 Å². The van der Waals surface area contributed by atoms with Gasteiger partial charge in [-0.05, 0) is 24.1 Å². The first-order chi connectivity index (χ1) is 12.4. The summed E-state index contributed by atoms with van der Waals surface area (Å²) >= 11 is 1.52. The van der Waals surface area contributed by atoms with Gasteiger partial charge in [-0.2, -0.15) is 0 Å². The van der Waals surface area contributed by atoms with Crippen LogP contribution in [0.5, 0.6) is 0 Å². The number of rotatable bonds is 4. The minimum absolute atomic E-state index is 0.0159. The third kappa shape index (κ3) is 3.29. The molecule has 1 aliphatic rings. The van der Waals surface area contributed by atoms with Crippen molar-refractivity contribution < 1.29 is 8.78 Å². The van der Waals surface area contributed by atoms with E-state index in [2.05, 4.69) is 19.9 Å². The number of aromatic nitrogens is 3. The number of hydrogen-bond donors (Lipinski definition) is 1. The number of fused-ring (bicyclic) bond motifs is 1. The molecule has 1 fully saturated rings. The second kappa shape index (κ2) is 6.35. The SMILES string of the molecule is CN=Cc1cc(-c2ccc3sc(CC4CC(F)(F)C4)nc3n2)cnc1N. The van der Waals surface area contributed by atoms with Gasteiger partial charge in [0, 0.05) is 49.8 Å². The van der Waals surface area contributed by atoms with Gasteiger partial charge in [-0.1, -0.05) is 0 Å². The molecule has 3 heterocycles. The predicted octanol–water partition coefficient (Wildman–Crippen LogP) is 3.97. The van der Waals surface area contributed by atoms with Crippen LogP contribution >= 0.6 is 11.3 Å². The number of anilines is 1. The lowest BCUT2D eigenvalue weighted by Gasteiger charge is -2.34. The number of nitrogens with zero attached hydrogens (tertiary/aromatic N) is 4. The molecular formula is C18H17F2N5S. The lowest BCUT2D eigenvalue weighted by Crippen LogP contribution is -2.36. The Hall–Kier alpha value is -2.48. The van der Waals surface area contributed by atoms with Crippen LogP contribution < -0.4 is 5.73 Å². The van der Waals surface area contributed by atoms with Gasteiger partial charge in [-0.3, -0.25) is 4.99 Å². The van der Waals surface area contributed by atoms with Gasteiger partial charge < -0.3 is 5.73 Å². The summed E-state index contributed by atoms with van der Waals surface area (Å²) in [6.07, 6.45) is 3.83. The summed E-state index contributed by atoms with van der Waals surface area (Å²) in [6, 6.07) is 5.74. The Morgan fingerprint density at radius 1 is 1.35 bits per heavy atom. The standard InChI is InChI=1S/C18H17F2N5S/c1-22-8-12-5-11(9-23-16(12)21)13-2-3-14-17(24-13)25-15(26-14)4-10-6-18(19,20)7-10/h2-3,5,8-10H,4,6-7H2,1H3,(H2,21,23). The Kier molecular flexibility index (Phi) is 4.14. The van der Waals surface area contributed by atoms with Gasteiger partial charge in [0.05, 0.1) is 15.4 Å². The van der Waals surface area contributed by atoms with E-state index >= 15 is 0 Å². The van der Waals surface area contributed by atoms with E-state index in [-0.39, 0.29) is 18.8 Å². The molecule has 0 radical (unpaired) electrons. The zero-order chi connectivity index (χ0) is 18.3. The number of nitrogens with two attached hydrogens (primary N) is 1. The average molecular weight is 373 g/mol. The molecule has 1 saturated carbocycles. The molecule has 0 unspecified atom stereocenters. The Morgan fingerprint density at radius 2 is 2.15 bits per heavy atom. The van der Waals surface area contributed by atoms with Gasteiger partial charge in [0.15, 0.2) is 5.65 Å². The summed E-state index contributed by atoms with van der Waals surface area (Å²) in [6.45, 7) is 0. The highest BCUT2D eigenvalue weighted by Crippen LogP contribution is 2.44. The van der Waals surface area contributed by atoms with E-state index in [0.717, 1.165) is 26.5 Å². The summed E-state index contributed by atoms with van der Waals surface area (Å²) in [5, 5.41) is 0.861. The molecule has 0 aliphatic heterocycles. The lowest BCUT2D eigenvalue weighted by atomic mass is 9.79. The lowest BCUT2D eigenvalue weighted by molar-refractivity contribution is -0.109. The normalized spacial score (nSPS) is 17.0. The van der Waals surface area contributed by atoms with Crippen molar-refractivity contribution in [2.75, 3.05) is 12.8 Å². The number of aliphatic imine (C=N–C) groups is 1. The third-order valence-electron chi connectivity index (χ3n) is 4.45. The monoisotopic (exact) mass is 373 g/mol. The Labute approximate surface area is 153 Å². The largest absolute Gasteiger partial charge is 0.383 e. The van der Waals surface area contributed by atoms with Crippen LogP contribution in [0.1, 0.15) is 23.4 Å². The first kappa shape index (κ1) is 17.0. The van der Waals surface area contributed by atoms with Crippen molar-refractivity contribution in [3.63, 3.8) is 0 Å². The molecule has 26 heavy (non-hydrogen) atoms. The molecule has 0 spiro atoms. The number of nitrogen functional groups attached to an aromatic ring is 1. The van der Waals surface area contributed by atoms with Crippen LogP contribution in [-0.4, -0.2) is 34.1 Å². The number of halogens is 2. The van der Waals surface area contributed by atoms with E-state index in [1.807, 2.05) is 18.2 Å². The first-order valence-electron chi connectivity index (χ1n) is 8.26. The fourth-order valence-electron chi connectivity index (χ4n) is 3.16. The molecule has 1 aliphatic carbocycles. The summed E-state index contributed by atoms with van der Waals surface area (Å²) in [5.74, 6) is -2.06. The number of alkyl halides is 2. The maximum absolute atomic E-state index is 13.0. The van der Waals surface area contributed by atoms with Crippen LogP contribution in [0.3, 0.4) is 0 Å². The summed E-state index contributed by atoms with van der Waals surface area (Å²) in [4.78, 5) is 17.3. The van der Waals surface area contributed by atoms with Gasteiger partial charge in [-0.25, -0.2) is 23.7 Å². The molecule has 134 valence electrons. The maximum Gasteiger partial charge on any atom is 0.248 e. The summed E-state index contributed by atoms with van der Waals surface area (Å²) in [5.41, 5.74) is 8.78. The first-order valence-corrected chi connectivity index (χ1v) is 9.07. The molecule has 0 bridgehead atoms. The highest BCUT2D eigenvalue weighted by Gasteiger charge is 2.45. The quantitative estimate of drug-likeness (QED) is 0.702. The van der Waals surface area contributed by atoms with Crippen molar-refractivity contribution in [3.05, 3.63) is 35.0 Å². The Morgan fingerprint density at radius 3 is 2.88 bits per heavy atom. The van der Waals surface area contributed by atoms with Gasteiger partial charge in [0.1, 0.15) is 5.82 Å². The van der Waals surface area contributed by atoms with Crippen molar-refractivity contribution in [2.45, 2.75) is 25.2 Å². The molecule has 0 aromatic carbocycles. The molecule has 0 amide bonds. The van der Waals surface area contributed by atoms with E-state index < -0.39 is 5.92 Å². The summed E-state index contributed by atoms with van der Waals surface area (Å²) in [7, 11) is 1.67. The molecule has 5 nitrogen and oxygen atoms in total. The minimum atomic E-state index is -2.49. The Balaban J connectivity index is 1.61. The number of pyridine rings is 2. The van der Waals surface area contributed by atoms with Crippen LogP contribution in [0.2, 0.25) is 0 Å². The number of hydrogen-bond acceptors (Lipinski definition) is 6. The van der Waals surface area contributed by atoms with Crippen LogP contribution in [0.15, 0.2) is 29.4 Å². The van der Waals surface area contributed by atoms with E-state index in [0.29, 0.717) is 17.9 Å². The zero-order valence-corrected chi connectivity index (χ0v) is 14.9. The van der Waals surface area contributed by atoms with E-state index in [1.54, 1.807) is 19.5 Å². The molecule has 0 atom stereocenters. The number of thiazole rings is 1. The van der Waals surface area contributed by atoms with Crippen LogP contribution in [0.25, 0.3) is 21.6 Å². The molecular weight excluding hydrogens is 356 g/mol. The van der Waals surface area contributed by atoms with Crippen molar-refractivity contribution in [2.24, 2.45) is 10.9 Å². The highest BCUT2D eigenvalue weighted by molar-refractivity contribution is 7.18. The summed E-state index contributed by atoms with van der Waals surface area (Å²) < 4.78 is 26.9. The van der Waals surface area contributed by atoms with Crippen LogP contribution in [0, 0.1) is 5.92 Å². The van der Waals surface area contributed by atoms with Gasteiger partial charge in [0.25, 0.3) is 0 Å². The van der Waals surface area contributed by atoms with Crippen LogP contribution in [0.4, 0.5) is 14.6 Å². The second-order valence-corrected chi connectivity index (χ2v) is 7.66. The van der Waals surface area contributed by atoms with Crippen molar-refractivity contribution in [1.29, 1.82) is 0 Å². The maximum atomic E-state index is 13.0. The molecule has 3 aromatic rings. The fraction of sp³-hybridized carbons (Fsp3) is 0.333. The molecule has 8 heteroatoms. The van der Waals surface area contributed by atoms with Gasteiger partial charge in [-0.15, -0.1) is 11.3 Å². The molecule has 3 aromatic heterocycles. The molecule has 2 N–H and O–H groups in total. The third-order valence-corrected chi connectivity index (χ3v) is 5.48. The minimum Gasteiger partial charge on any atom is -0.383 e. The molecule has 4 rings (SSSR count). The zero-order valence-electron chi connectivity index (χ0n) is 14.1. The average Bonchev–Trinajstić information content (AvgIpc) is 2.97. The van der Waals surface area contributed by atoms with E-state index in [1.165, 1.54) is 11.3 Å². The topological polar surface area (TPSA) is 77.0 Å². The Bertz CT molecular complexity index is 990. The van der Waals surface area contributed by atoms with E-state index in [4.69, 9.17) is 5.73 Å². The molecule has 0 saturated heterocycles. The highest BCUT2D eigenvalue weighted by atomic mass is 32.1. The van der Waals surface area contributed by atoms with Crippen molar-refractivity contribution in [1.82, 2.24) is 15.0 Å². The van der Waals surface area contributed by atoms with E-state index in [9.17, 15) is 8.78 Å². The van der Waals surface area contributed by atoms with Crippen LogP contribution in [-0.2, 0) is 6.42 Å². The smallest absolute Gasteiger partial charge is 0.248 e. The van der Waals surface area contributed by atoms with Crippen molar-refractivity contribution >= 4 is 33.7 Å². The fourth-order valence-corrected chi connectivity index (χ4v) is 4.19. The van der Waals surface area contributed by atoms with Gasteiger partial charge >= 0.3 is 0 Å².